The molecule has 2 unspecified atom stereocenters. The molecular formula is C13H22N2S. The van der Waals surface area contributed by atoms with Gasteiger partial charge in [0.2, 0.25) is 0 Å². The van der Waals surface area contributed by atoms with Gasteiger partial charge in [0.1, 0.15) is 0 Å². The number of likely N-dealkylation sites (tertiary alicyclic amines) is 1. The highest BCUT2D eigenvalue weighted by Crippen LogP contribution is 2.27. The maximum Gasteiger partial charge on any atom is 0.0413 e. The van der Waals surface area contributed by atoms with E-state index in [1.54, 1.807) is 0 Å². The van der Waals surface area contributed by atoms with Crippen molar-refractivity contribution in [3.05, 3.63) is 22.4 Å². The molecule has 90 valence electrons. The molecule has 0 amide bonds. The highest BCUT2D eigenvalue weighted by molar-refractivity contribution is 7.10. The van der Waals surface area contributed by atoms with Gasteiger partial charge in [0.25, 0.3) is 0 Å². The van der Waals surface area contributed by atoms with Crippen LogP contribution in [0.2, 0.25) is 0 Å². The molecule has 2 heterocycles. The third-order valence-electron chi connectivity index (χ3n) is 3.41. The summed E-state index contributed by atoms with van der Waals surface area (Å²) >= 11 is 1.87. The first kappa shape index (κ1) is 12.1. The molecule has 1 saturated heterocycles. The molecule has 2 rings (SSSR count). The topological polar surface area (TPSA) is 15.3 Å². The van der Waals surface area contributed by atoms with Crippen LogP contribution in [0.15, 0.2) is 17.5 Å². The SMILES string of the molecule is CCCNC1CCN(C(C)c2cccs2)C1. The number of hydrogen-bond acceptors (Lipinski definition) is 3. The van der Waals surface area contributed by atoms with E-state index in [2.05, 4.69) is 41.6 Å². The molecule has 1 aromatic rings. The minimum atomic E-state index is 0.591. The first-order valence-corrected chi connectivity index (χ1v) is 7.20. The van der Waals surface area contributed by atoms with Crippen molar-refractivity contribution in [1.29, 1.82) is 0 Å². The predicted octanol–water partition coefficient (Wildman–Crippen LogP) is 2.88. The minimum Gasteiger partial charge on any atom is -0.313 e. The fraction of sp³-hybridized carbons (Fsp3) is 0.692. The fourth-order valence-corrected chi connectivity index (χ4v) is 3.18. The van der Waals surface area contributed by atoms with Crippen LogP contribution in [-0.2, 0) is 0 Å². The second kappa shape index (κ2) is 5.80. The van der Waals surface area contributed by atoms with Crippen molar-refractivity contribution < 1.29 is 0 Å². The van der Waals surface area contributed by atoms with Gasteiger partial charge in [0.05, 0.1) is 0 Å². The maximum absolute atomic E-state index is 3.62. The van der Waals surface area contributed by atoms with Crippen molar-refractivity contribution in [2.24, 2.45) is 0 Å². The van der Waals surface area contributed by atoms with Crippen molar-refractivity contribution >= 4 is 11.3 Å². The Morgan fingerprint density at radius 2 is 2.50 bits per heavy atom. The van der Waals surface area contributed by atoms with E-state index in [9.17, 15) is 0 Å². The van der Waals surface area contributed by atoms with Crippen LogP contribution < -0.4 is 5.32 Å². The molecule has 3 heteroatoms. The zero-order chi connectivity index (χ0) is 11.4. The number of rotatable bonds is 5. The van der Waals surface area contributed by atoms with E-state index in [1.807, 2.05) is 11.3 Å². The predicted molar refractivity (Wildman–Crippen MR) is 71.0 cm³/mol. The third kappa shape index (κ3) is 2.84. The lowest BCUT2D eigenvalue weighted by atomic mass is 10.2. The highest BCUT2D eigenvalue weighted by Gasteiger charge is 2.26. The number of hydrogen-bond donors (Lipinski definition) is 1. The molecular weight excluding hydrogens is 216 g/mol. The first-order chi connectivity index (χ1) is 7.81. The summed E-state index contributed by atoms with van der Waals surface area (Å²) in [5, 5.41) is 5.80. The van der Waals surface area contributed by atoms with Gasteiger partial charge in [0.15, 0.2) is 0 Å². The summed E-state index contributed by atoms with van der Waals surface area (Å²) in [6.45, 7) is 8.16. The van der Waals surface area contributed by atoms with Crippen LogP contribution in [-0.4, -0.2) is 30.6 Å². The zero-order valence-corrected chi connectivity index (χ0v) is 11.1. The van der Waals surface area contributed by atoms with Crippen molar-refractivity contribution in [2.45, 2.75) is 38.8 Å². The smallest absolute Gasteiger partial charge is 0.0413 e. The lowest BCUT2D eigenvalue weighted by Gasteiger charge is -2.23. The Labute approximate surface area is 103 Å². The van der Waals surface area contributed by atoms with Gasteiger partial charge in [-0.15, -0.1) is 11.3 Å². The van der Waals surface area contributed by atoms with E-state index >= 15 is 0 Å². The Bertz CT molecular complexity index is 297. The molecule has 0 bridgehead atoms. The van der Waals surface area contributed by atoms with Crippen LogP contribution in [0.4, 0.5) is 0 Å². The van der Waals surface area contributed by atoms with Crippen LogP contribution in [0.3, 0.4) is 0 Å². The average molecular weight is 238 g/mol. The third-order valence-corrected chi connectivity index (χ3v) is 4.45. The number of nitrogens with zero attached hydrogens (tertiary/aromatic N) is 1. The van der Waals surface area contributed by atoms with Crippen LogP contribution >= 0.6 is 11.3 Å². The van der Waals surface area contributed by atoms with E-state index in [-0.39, 0.29) is 0 Å². The highest BCUT2D eigenvalue weighted by atomic mass is 32.1. The quantitative estimate of drug-likeness (QED) is 0.848. The summed E-state index contributed by atoms with van der Waals surface area (Å²) in [7, 11) is 0. The minimum absolute atomic E-state index is 0.591. The zero-order valence-electron chi connectivity index (χ0n) is 10.3. The fourth-order valence-electron chi connectivity index (χ4n) is 2.36. The Morgan fingerprint density at radius 3 is 3.19 bits per heavy atom. The van der Waals surface area contributed by atoms with E-state index in [4.69, 9.17) is 0 Å². The van der Waals surface area contributed by atoms with Gasteiger partial charge in [0, 0.05) is 30.1 Å². The second-order valence-electron chi connectivity index (χ2n) is 4.63. The molecule has 1 aromatic heterocycles. The molecule has 1 fully saturated rings. The standard InChI is InChI=1S/C13H22N2S/c1-3-7-14-12-6-8-15(10-12)11(2)13-5-4-9-16-13/h4-5,9,11-12,14H,3,6-8,10H2,1-2H3. The van der Waals surface area contributed by atoms with Crippen molar-refractivity contribution in [3.8, 4) is 0 Å². The molecule has 1 aliphatic rings. The van der Waals surface area contributed by atoms with Crippen LogP contribution in [0.1, 0.15) is 37.6 Å². The molecule has 2 atom stereocenters. The van der Waals surface area contributed by atoms with Crippen LogP contribution in [0, 0.1) is 0 Å². The van der Waals surface area contributed by atoms with E-state index in [0.29, 0.717) is 12.1 Å². The normalized spacial score (nSPS) is 23.8. The second-order valence-corrected chi connectivity index (χ2v) is 5.61. The van der Waals surface area contributed by atoms with Crippen molar-refractivity contribution in [2.75, 3.05) is 19.6 Å². The molecule has 0 aliphatic carbocycles. The monoisotopic (exact) mass is 238 g/mol. The summed E-state index contributed by atoms with van der Waals surface area (Å²) in [5.41, 5.74) is 0. The Hall–Kier alpha value is -0.380. The molecule has 0 spiro atoms. The summed E-state index contributed by atoms with van der Waals surface area (Å²) in [6, 6.07) is 5.71. The number of thiophene rings is 1. The Balaban J connectivity index is 1.84. The Morgan fingerprint density at radius 1 is 1.62 bits per heavy atom. The molecule has 2 nitrogen and oxygen atoms in total. The van der Waals surface area contributed by atoms with Crippen molar-refractivity contribution in [1.82, 2.24) is 10.2 Å². The molecule has 1 aliphatic heterocycles. The van der Waals surface area contributed by atoms with Crippen LogP contribution in [0.25, 0.3) is 0 Å². The largest absolute Gasteiger partial charge is 0.313 e. The summed E-state index contributed by atoms with van der Waals surface area (Å²) < 4.78 is 0. The Kier molecular flexibility index (Phi) is 4.38. The van der Waals surface area contributed by atoms with E-state index in [1.165, 1.54) is 30.8 Å². The van der Waals surface area contributed by atoms with Gasteiger partial charge < -0.3 is 5.32 Å². The van der Waals surface area contributed by atoms with Gasteiger partial charge in [-0.2, -0.15) is 0 Å². The molecule has 1 N–H and O–H groups in total. The molecule has 0 radical (unpaired) electrons. The summed E-state index contributed by atoms with van der Waals surface area (Å²) in [5.74, 6) is 0. The van der Waals surface area contributed by atoms with Gasteiger partial charge in [-0.1, -0.05) is 13.0 Å². The first-order valence-electron chi connectivity index (χ1n) is 6.32. The van der Waals surface area contributed by atoms with Gasteiger partial charge in [-0.25, -0.2) is 0 Å². The van der Waals surface area contributed by atoms with Gasteiger partial charge >= 0.3 is 0 Å². The van der Waals surface area contributed by atoms with Crippen LogP contribution in [0.5, 0.6) is 0 Å². The lowest BCUT2D eigenvalue weighted by molar-refractivity contribution is 0.259. The maximum atomic E-state index is 3.62. The van der Waals surface area contributed by atoms with Gasteiger partial charge in [-0.05, 0) is 37.8 Å². The van der Waals surface area contributed by atoms with E-state index in [0.717, 1.165) is 6.54 Å². The number of nitrogens with one attached hydrogen (secondary N) is 1. The molecule has 16 heavy (non-hydrogen) atoms. The molecule has 0 saturated carbocycles. The van der Waals surface area contributed by atoms with E-state index < -0.39 is 0 Å². The van der Waals surface area contributed by atoms with Crippen molar-refractivity contribution in [3.63, 3.8) is 0 Å². The molecule has 0 aromatic carbocycles. The average Bonchev–Trinajstić information content (AvgIpc) is 2.96. The van der Waals surface area contributed by atoms with Gasteiger partial charge in [-0.3, -0.25) is 4.90 Å². The lowest BCUT2D eigenvalue weighted by Crippen LogP contribution is -2.33. The summed E-state index contributed by atoms with van der Waals surface area (Å²) in [4.78, 5) is 4.09. The summed E-state index contributed by atoms with van der Waals surface area (Å²) in [6.07, 6.45) is 2.53.